The summed E-state index contributed by atoms with van der Waals surface area (Å²) in [5.74, 6) is -0.938. The van der Waals surface area contributed by atoms with Gasteiger partial charge in [-0.25, -0.2) is 9.78 Å². The summed E-state index contributed by atoms with van der Waals surface area (Å²) < 4.78 is 1.97. The van der Waals surface area contributed by atoms with Gasteiger partial charge < -0.3 is 9.67 Å². The molecule has 5 heteroatoms. The molecule has 0 aliphatic carbocycles. The second kappa shape index (κ2) is 7.16. The summed E-state index contributed by atoms with van der Waals surface area (Å²) in [6.45, 7) is 0.767. The number of carbonyl (C=O) groups is 1. The zero-order valence-electron chi connectivity index (χ0n) is 10.2. The van der Waals surface area contributed by atoms with Crippen LogP contribution in [0.3, 0.4) is 0 Å². The third-order valence-corrected chi connectivity index (χ3v) is 2.32. The van der Waals surface area contributed by atoms with E-state index in [1.54, 1.807) is 18.6 Å². The summed E-state index contributed by atoms with van der Waals surface area (Å²) in [7, 11) is 0. The molecule has 0 aliphatic rings. The van der Waals surface area contributed by atoms with Crippen molar-refractivity contribution in [2.24, 2.45) is 0 Å². The van der Waals surface area contributed by atoms with Gasteiger partial charge in [0.15, 0.2) is 0 Å². The summed E-state index contributed by atoms with van der Waals surface area (Å²) in [6, 6.07) is 7.74. The SMILES string of the molecule is O=C(O)/C=C/c1ccc(Cn2ccnc2)cc1.[Na+]. The molecule has 0 bridgehead atoms. The Morgan fingerprint density at radius 2 is 2.06 bits per heavy atom. The standard InChI is InChI=1S/C13H12N2O2.Na/c16-13(17)6-5-11-1-3-12(4-2-11)9-15-8-7-14-10-15;/h1-8,10H,9H2,(H,16,17);/q;+1/b6-5+;. The molecule has 0 fully saturated rings. The van der Waals surface area contributed by atoms with Gasteiger partial charge in [-0.15, -0.1) is 0 Å². The van der Waals surface area contributed by atoms with Crippen LogP contribution in [0.5, 0.6) is 0 Å². The number of nitrogens with zero attached hydrogens (tertiary/aromatic N) is 2. The first-order valence-electron chi connectivity index (χ1n) is 5.20. The van der Waals surface area contributed by atoms with Gasteiger partial charge in [0.1, 0.15) is 0 Å². The Labute approximate surface area is 127 Å². The molecule has 1 aromatic heterocycles. The average Bonchev–Trinajstić information content (AvgIpc) is 2.81. The minimum absolute atomic E-state index is 0. The van der Waals surface area contributed by atoms with Crippen LogP contribution in [0.15, 0.2) is 49.1 Å². The van der Waals surface area contributed by atoms with Crippen molar-refractivity contribution in [1.82, 2.24) is 9.55 Å². The van der Waals surface area contributed by atoms with Crippen LogP contribution in [-0.2, 0) is 11.3 Å². The van der Waals surface area contributed by atoms with Crippen LogP contribution in [0, 0.1) is 0 Å². The number of rotatable bonds is 4. The average molecular weight is 251 g/mol. The van der Waals surface area contributed by atoms with Crippen LogP contribution < -0.4 is 29.6 Å². The smallest absolute Gasteiger partial charge is 0.478 e. The zero-order valence-corrected chi connectivity index (χ0v) is 12.2. The maximum atomic E-state index is 10.4. The zero-order chi connectivity index (χ0) is 12.1. The quantitative estimate of drug-likeness (QED) is 0.562. The van der Waals surface area contributed by atoms with E-state index in [0.29, 0.717) is 0 Å². The molecule has 2 aromatic rings. The second-order valence-corrected chi connectivity index (χ2v) is 3.65. The van der Waals surface area contributed by atoms with Crippen LogP contribution in [-0.4, -0.2) is 20.6 Å². The molecule has 0 atom stereocenters. The van der Waals surface area contributed by atoms with Gasteiger partial charge in [-0.2, -0.15) is 0 Å². The Hall–Kier alpha value is -1.36. The monoisotopic (exact) mass is 251 g/mol. The number of hydrogen-bond donors (Lipinski definition) is 1. The predicted molar refractivity (Wildman–Crippen MR) is 64.4 cm³/mol. The van der Waals surface area contributed by atoms with E-state index in [1.165, 1.54) is 0 Å². The van der Waals surface area contributed by atoms with Gasteiger partial charge in [0, 0.05) is 25.0 Å². The number of aromatic nitrogens is 2. The number of imidazole rings is 1. The molecular weight excluding hydrogens is 239 g/mol. The Morgan fingerprint density at radius 1 is 1.33 bits per heavy atom. The number of carboxylic acid groups (broad SMARTS) is 1. The van der Waals surface area contributed by atoms with Crippen molar-refractivity contribution < 1.29 is 39.5 Å². The Bertz CT molecular complexity index is 518. The second-order valence-electron chi connectivity index (χ2n) is 3.65. The van der Waals surface area contributed by atoms with E-state index in [0.717, 1.165) is 23.7 Å². The van der Waals surface area contributed by atoms with Gasteiger partial charge in [-0.05, 0) is 17.2 Å². The van der Waals surface area contributed by atoms with Crippen molar-refractivity contribution in [3.63, 3.8) is 0 Å². The molecule has 0 radical (unpaired) electrons. The largest absolute Gasteiger partial charge is 1.00 e. The van der Waals surface area contributed by atoms with Crippen molar-refractivity contribution >= 4 is 12.0 Å². The van der Waals surface area contributed by atoms with E-state index >= 15 is 0 Å². The third kappa shape index (κ3) is 4.49. The Kier molecular flexibility index (Phi) is 5.85. The maximum absolute atomic E-state index is 10.4. The summed E-state index contributed by atoms with van der Waals surface area (Å²) in [5, 5.41) is 8.50. The molecule has 4 nitrogen and oxygen atoms in total. The molecule has 0 saturated heterocycles. The fourth-order valence-electron chi connectivity index (χ4n) is 1.49. The van der Waals surface area contributed by atoms with E-state index in [-0.39, 0.29) is 29.6 Å². The summed E-state index contributed by atoms with van der Waals surface area (Å²) in [5.41, 5.74) is 2.03. The first-order chi connectivity index (χ1) is 8.24. The molecule has 0 spiro atoms. The van der Waals surface area contributed by atoms with Crippen LogP contribution >= 0.6 is 0 Å². The van der Waals surface area contributed by atoms with Crippen molar-refractivity contribution in [3.8, 4) is 0 Å². The van der Waals surface area contributed by atoms with Crippen molar-refractivity contribution in [3.05, 3.63) is 60.2 Å². The number of hydrogen-bond acceptors (Lipinski definition) is 2. The van der Waals surface area contributed by atoms with Gasteiger partial charge in [0.25, 0.3) is 0 Å². The molecule has 86 valence electrons. The van der Waals surface area contributed by atoms with E-state index in [4.69, 9.17) is 5.11 Å². The van der Waals surface area contributed by atoms with Gasteiger partial charge in [-0.1, -0.05) is 24.3 Å². The number of aliphatic carboxylic acids is 1. The van der Waals surface area contributed by atoms with Crippen LogP contribution in [0.1, 0.15) is 11.1 Å². The molecule has 0 unspecified atom stereocenters. The molecule has 2 rings (SSSR count). The molecule has 1 N–H and O–H groups in total. The normalized spacial score (nSPS) is 10.2. The fourth-order valence-corrected chi connectivity index (χ4v) is 1.49. The molecule has 0 saturated carbocycles. The number of benzene rings is 1. The van der Waals surface area contributed by atoms with Gasteiger partial charge in [0.2, 0.25) is 0 Å². The third-order valence-electron chi connectivity index (χ3n) is 2.32. The molecule has 0 amide bonds. The first kappa shape index (κ1) is 14.7. The molecule has 0 aliphatic heterocycles. The van der Waals surface area contributed by atoms with E-state index < -0.39 is 5.97 Å². The van der Waals surface area contributed by atoms with E-state index in [1.807, 2.05) is 35.0 Å². The van der Waals surface area contributed by atoms with Crippen molar-refractivity contribution in [2.75, 3.05) is 0 Å². The molecule has 18 heavy (non-hydrogen) atoms. The minimum Gasteiger partial charge on any atom is -0.478 e. The first-order valence-corrected chi connectivity index (χ1v) is 5.20. The maximum Gasteiger partial charge on any atom is 1.00 e. The van der Waals surface area contributed by atoms with Crippen LogP contribution in [0.2, 0.25) is 0 Å². The summed E-state index contributed by atoms with van der Waals surface area (Å²) >= 11 is 0. The fraction of sp³-hybridized carbons (Fsp3) is 0.0769. The van der Waals surface area contributed by atoms with Crippen LogP contribution in [0.4, 0.5) is 0 Å². The van der Waals surface area contributed by atoms with E-state index in [9.17, 15) is 4.79 Å². The predicted octanol–water partition coefficient (Wildman–Crippen LogP) is -0.967. The van der Waals surface area contributed by atoms with Crippen molar-refractivity contribution in [2.45, 2.75) is 6.54 Å². The topological polar surface area (TPSA) is 55.1 Å². The van der Waals surface area contributed by atoms with Crippen LogP contribution in [0.25, 0.3) is 6.08 Å². The molecule has 1 aromatic carbocycles. The number of carboxylic acids is 1. The summed E-state index contributed by atoms with van der Waals surface area (Å²) in [6.07, 6.45) is 8.11. The minimum atomic E-state index is -0.938. The van der Waals surface area contributed by atoms with Gasteiger partial charge >= 0.3 is 35.5 Å². The van der Waals surface area contributed by atoms with Gasteiger partial charge in [0.05, 0.1) is 6.33 Å². The molecular formula is C13H12N2NaO2+. The van der Waals surface area contributed by atoms with E-state index in [2.05, 4.69) is 4.98 Å². The Morgan fingerprint density at radius 3 is 2.61 bits per heavy atom. The molecule has 1 heterocycles. The summed E-state index contributed by atoms with van der Waals surface area (Å²) in [4.78, 5) is 14.3. The Balaban J connectivity index is 0.00000162. The van der Waals surface area contributed by atoms with Gasteiger partial charge in [-0.3, -0.25) is 0 Å². The van der Waals surface area contributed by atoms with Crippen molar-refractivity contribution in [1.29, 1.82) is 0 Å².